The molecule has 2 rings (SSSR count). The zero-order chi connectivity index (χ0) is 15.4. The van der Waals surface area contributed by atoms with Crippen molar-refractivity contribution in [3.63, 3.8) is 0 Å². The van der Waals surface area contributed by atoms with Gasteiger partial charge < -0.3 is 19.6 Å². The van der Waals surface area contributed by atoms with Crippen molar-refractivity contribution in [3.05, 3.63) is 0 Å². The van der Waals surface area contributed by atoms with Crippen molar-refractivity contribution in [2.45, 2.75) is 38.6 Å². The molecule has 2 heterocycles. The zero-order valence-corrected chi connectivity index (χ0v) is 12.3. The van der Waals surface area contributed by atoms with E-state index >= 15 is 0 Å². The average Bonchev–Trinajstić information content (AvgIpc) is 2.96. The molecule has 2 aliphatic rings. The molecule has 0 aromatic carbocycles. The van der Waals surface area contributed by atoms with Crippen LogP contribution in [0.1, 0.15) is 32.6 Å². The number of likely N-dealkylation sites (tertiary alicyclic amines) is 2. The number of carbonyl (C=O) groups is 3. The van der Waals surface area contributed by atoms with Crippen LogP contribution >= 0.6 is 0 Å². The molecule has 0 spiro atoms. The fourth-order valence-electron chi connectivity index (χ4n) is 3.00. The minimum Gasteiger partial charge on any atom is -0.480 e. The number of ether oxygens (including phenoxy) is 1. The number of nitrogens with zero attached hydrogens (tertiary/aromatic N) is 2. The normalized spacial score (nSPS) is 23.2. The van der Waals surface area contributed by atoms with Crippen molar-refractivity contribution >= 4 is 18.0 Å². The molecule has 1 N–H and O–H groups in total. The highest BCUT2D eigenvalue weighted by atomic mass is 16.5. The van der Waals surface area contributed by atoms with Gasteiger partial charge in [-0.25, -0.2) is 9.59 Å². The summed E-state index contributed by atoms with van der Waals surface area (Å²) in [5.41, 5.74) is 0. The molecule has 7 nitrogen and oxygen atoms in total. The molecule has 0 aromatic heterocycles. The van der Waals surface area contributed by atoms with E-state index in [1.807, 2.05) is 0 Å². The van der Waals surface area contributed by atoms with Gasteiger partial charge in [-0.05, 0) is 32.6 Å². The Balaban J connectivity index is 1.88. The Kier molecular flexibility index (Phi) is 5.03. The van der Waals surface area contributed by atoms with Crippen molar-refractivity contribution in [2.75, 3.05) is 26.2 Å². The molecule has 0 aliphatic carbocycles. The standard InChI is InChI=1S/C14H22N2O5/c1-2-21-13(19)10-5-8-15(9-6-10)14(20)16-7-3-4-11(16)12(17)18/h10-11H,2-9H2,1H3,(H,17,18). The van der Waals surface area contributed by atoms with Gasteiger partial charge in [0.1, 0.15) is 6.04 Å². The summed E-state index contributed by atoms with van der Waals surface area (Å²) in [4.78, 5) is 38.3. The van der Waals surface area contributed by atoms with E-state index in [-0.39, 0.29) is 17.9 Å². The van der Waals surface area contributed by atoms with Crippen LogP contribution in [0.3, 0.4) is 0 Å². The second-order valence-corrected chi connectivity index (χ2v) is 5.49. The largest absolute Gasteiger partial charge is 0.480 e. The Morgan fingerprint density at radius 1 is 1.14 bits per heavy atom. The van der Waals surface area contributed by atoms with Crippen LogP contribution in [0.4, 0.5) is 4.79 Å². The lowest BCUT2D eigenvalue weighted by Crippen LogP contribution is -2.50. The molecule has 0 bridgehead atoms. The van der Waals surface area contributed by atoms with E-state index in [1.165, 1.54) is 4.90 Å². The van der Waals surface area contributed by atoms with Gasteiger partial charge in [-0.15, -0.1) is 0 Å². The van der Waals surface area contributed by atoms with Crippen LogP contribution in [0.15, 0.2) is 0 Å². The summed E-state index contributed by atoms with van der Waals surface area (Å²) >= 11 is 0. The predicted octanol–water partition coefficient (Wildman–Crippen LogP) is 0.930. The molecule has 2 saturated heterocycles. The van der Waals surface area contributed by atoms with Gasteiger partial charge in [-0.3, -0.25) is 4.79 Å². The number of hydrogen-bond acceptors (Lipinski definition) is 4. The third-order valence-corrected chi connectivity index (χ3v) is 4.17. The summed E-state index contributed by atoms with van der Waals surface area (Å²) in [6.45, 7) is 3.59. The van der Waals surface area contributed by atoms with Crippen molar-refractivity contribution in [1.82, 2.24) is 9.80 Å². The summed E-state index contributed by atoms with van der Waals surface area (Å²) in [6, 6.07) is -0.928. The molecule has 2 amide bonds. The van der Waals surface area contributed by atoms with E-state index in [0.29, 0.717) is 45.5 Å². The number of carboxylic acids is 1. The fraction of sp³-hybridized carbons (Fsp3) is 0.786. The van der Waals surface area contributed by atoms with Crippen LogP contribution in [0.25, 0.3) is 0 Å². The number of rotatable bonds is 3. The van der Waals surface area contributed by atoms with Gasteiger partial charge in [0.05, 0.1) is 12.5 Å². The number of amides is 2. The lowest BCUT2D eigenvalue weighted by molar-refractivity contribution is -0.149. The highest BCUT2D eigenvalue weighted by molar-refractivity contribution is 5.83. The van der Waals surface area contributed by atoms with Gasteiger partial charge in [-0.2, -0.15) is 0 Å². The summed E-state index contributed by atoms with van der Waals surface area (Å²) in [5, 5.41) is 9.13. The first kappa shape index (κ1) is 15.6. The summed E-state index contributed by atoms with van der Waals surface area (Å²) in [5.74, 6) is -1.29. The average molecular weight is 298 g/mol. The summed E-state index contributed by atoms with van der Waals surface area (Å²) in [7, 11) is 0. The van der Waals surface area contributed by atoms with Crippen LogP contribution in [0.2, 0.25) is 0 Å². The monoisotopic (exact) mass is 298 g/mol. The third-order valence-electron chi connectivity index (χ3n) is 4.17. The molecule has 1 atom stereocenters. The summed E-state index contributed by atoms with van der Waals surface area (Å²) in [6.07, 6.45) is 2.40. The fourth-order valence-corrected chi connectivity index (χ4v) is 3.00. The lowest BCUT2D eigenvalue weighted by Gasteiger charge is -2.34. The van der Waals surface area contributed by atoms with E-state index in [2.05, 4.69) is 0 Å². The molecule has 2 fully saturated rings. The van der Waals surface area contributed by atoms with Crippen molar-refractivity contribution in [3.8, 4) is 0 Å². The highest BCUT2D eigenvalue weighted by Crippen LogP contribution is 2.23. The van der Waals surface area contributed by atoms with Crippen molar-refractivity contribution < 1.29 is 24.2 Å². The lowest BCUT2D eigenvalue weighted by atomic mass is 9.97. The maximum atomic E-state index is 12.4. The number of esters is 1. The van der Waals surface area contributed by atoms with Crippen LogP contribution < -0.4 is 0 Å². The number of hydrogen-bond donors (Lipinski definition) is 1. The molecular formula is C14H22N2O5. The number of aliphatic carboxylic acids is 1. The minimum absolute atomic E-state index is 0.150. The Bertz CT molecular complexity index is 418. The van der Waals surface area contributed by atoms with Gasteiger partial charge in [0.25, 0.3) is 0 Å². The first-order valence-corrected chi connectivity index (χ1v) is 7.49. The molecule has 118 valence electrons. The molecule has 7 heteroatoms. The van der Waals surface area contributed by atoms with E-state index in [0.717, 1.165) is 6.42 Å². The number of piperidine rings is 1. The molecule has 1 unspecified atom stereocenters. The highest BCUT2D eigenvalue weighted by Gasteiger charge is 2.37. The van der Waals surface area contributed by atoms with Gasteiger partial charge >= 0.3 is 18.0 Å². The predicted molar refractivity (Wildman–Crippen MR) is 73.7 cm³/mol. The van der Waals surface area contributed by atoms with E-state index in [4.69, 9.17) is 9.84 Å². The Labute approximate surface area is 123 Å². The smallest absolute Gasteiger partial charge is 0.326 e. The topological polar surface area (TPSA) is 87.2 Å². The van der Waals surface area contributed by atoms with Crippen molar-refractivity contribution in [1.29, 1.82) is 0 Å². The second-order valence-electron chi connectivity index (χ2n) is 5.49. The van der Waals surface area contributed by atoms with Crippen molar-refractivity contribution in [2.24, 2.45) is 5.92 Å². The first-order chi connectivity index (χ1) is 10.0. The van der Waals surface area contributed by atoms with Crippen LogP contribution in [-0.4, -0.2) is 65.2 Å². The molecule has 21 heavy (non-hydrogen) atoms. The summed E-state index contributed by atoms with van der Waals surface area (Å²) < 4.78 is 4.99. The van der Waals surface area contributed by atoms with Crippen LogP contribution in [0.5, 0.6) is 0 Å². The first-order valence-electron chi connectivity index (χ1n) is 7.49. The second kappa shape index (κ2) is 6.78. The molecule has 0 aromatic rings. The van der Waals surface area contributed by atoms with E-state index in [9.17, 15) is 14.4 Å². The van der Waals surface area contributed by atoms with Gasteiger partial charge in [0, 0.05) is 19.6 Å². The van der Waals surface area contributed by atoms with Crippen LogP contribution in [0, 0.1) is 5.92 Å². The van der Waals surface area contributed by atoms with Gasteiger partial charge in [0.15, 0.2) is 0 Å². The van der Waals surface area contributed by atoms with Crippen LogP contribution in [-0.2, 0) is 14.3 Å². The number of carbonyl (C=O) groups excluding carboxylic acids is 2. The quantitative estimate of drug-likeness (QED) is 0.783. The van der Waals surface area contributed by atoms with Gasteiger partial charge in [0.2, 0.25) is 0 Å². The van der Waals surface area contributed by atoms with Gasteiger partial charge in [-0.1, -0.05) is 0 Å². The van der Waals surface area contributed by atoms with E-state index < -0.39 is 12.0 Å². The number of carboxylic acid groups (broad SMARTS) is 1. The molecule has 0 saturated carbocycles. The Hall–Kier alpha value is -1.79. The number of urea groups is 1. The maximum absolute atomic E-state index is 12.4. The Morgan fingerprint density at radius 3 is 2.38 bits per heavy atom. The Morgan fingerprint density at radius 2 is 1.81 bits per heavy atom. The van der Waals surface area contributed by atoms with E-state index in [1.54, 1.807) is 11.8 Å². The SMILES string of the molecule is CCOC(=O)C1CCN(C(=O)N2CCCC2C(=O)O)CC1. The molecule has 0 radical (unpaired) electrons. The maximum Gasteiger partial charge on any atom is 0.326 e. The third kappa shape index (κ3) is 3.46. The molecular weight excluding hydrogens is 276 g/mol. The zero-order valence-electron chi connectivity index (χ0n) is 12.3. The molecule has 2 aliphatic heterocycles. The minimum atomic E-state index is -0.942.